The molecule has 3 nitrogen and oxygen atoms in total. The summed E-state index contributed by atoms with van der Waals surface area (Å²) in [6.07, 6.45) is 0.825. The van der Waals surface area contributed by atoms with Crippen molar-refractivity contribution < 1.29 is 14.3 Å². The first-order chi connectivity index (χ1) is 8.63. The second-order valence-electron chi connectivity index (χ2n) is 3.90. The molecular formula is C14H12O3S. The highest BCUT2D eigenvalue weighted by atomic mass is 32.1. The van der Waals surface area contributed by atoms with E-state index < -0.39 is 0 Å². The zero-order valence-corrected chi connectivity index (χ0v) is 10.9. The molecule has 0 saturated heterocycles. The van der Waals surface area contributed by atoms with E-state index in [1.54, 1.807) is 18.2 Å². The molecule has 18 heavy (non-hydrogen) atoms. The van der Waals surface area contributed by atoms with E-state index in [1.165, 1.54) is 18.4 Å². The smallest absolute Gasteiger partial charge is 0.337 e. The van der Waals surface area contributed by atoms with Crippen LogP contribution in [0.15, 0.2) is 30.3 Å². The molecule has 0 aliphatic rings. The third-order valence-electron chi connectivity index (χ3n) is 2.53. The number of methoxy groups -OCH3 is 1. The van der Waals surface area contributed by atoms with Gasteiger partial charge in [-0.15, -0.1) is 11.3 Å². The van der Waals surface area contributed by atoms with Crippen LogP contribution in [0, 0.1) is 6.92 Å². The van der Waals surface area contributed by atoms with E-state index >= 15 is 0 Å². The van der Waals surface area contributed by atoms with Crippen molar-refractivity contribution in [1.29, 1.82) is 0 Å². The second-order valence-corrected chi connectivity index (χ2v) is 5.01. The van der Waals surface area contributed by atoms with Gasteiger partial charge < -0.3 is 4.74 Å². The Morgan fingerprint density at radius 2 is 2.06 bits per heavy atom. The molecule has 1 aromatic carbocycles. The maximum absolute atomic E-state index is 11.5. The number of ether oxygens (including phenoxy) is 1. The average Bonchev–Trinajstić information content (AvgIpc) is 2.85. The number of rotatable bonds is 3. The van der Waals surface area contributed by atoms with Gasteiger partial charge >= 0.3 is 5.97 Å². The lowest BCUT2D eigenvalue weighted by Crippen LogP contribution is -2.01. The Bertz CT molecular complexity index is 599. The van der Waals surface area contributed by atoms with Gasteiger partial charge in [0.1, 0.15) is 0 Å². The van der Waals surface area contributed by atoms with Crippen LogP contribution in [0.2, 0.25) is 0 Å². The summed E-state index contributed by atoms with van der Waals surface area (Å²) in [5, 5.41) is 0. The Morgan fingerprint density at radius 1 is 1.28 bits per heavy atom. The van der Waals surface area contributed by atoms with E-state index in [0.717, 1.165) is 22.3 Å². The zero-order valence-electron chi connectivity index (χ0n) is 10.1. The highest BCUT2D eigenvalue weighted by molar-refractivity contribution is 7.17. The first kappa shape index (κ1) is 12.5. The van der Waals surface area contributed by atoms with Crippen LogP contribution in [0.3, 0.4) is 0 Å². The Balaban J connectivity index is 2.47. The van der Waals surface area contributed by atoms with Crippen LogP contribution in [0.1, 0.15) is 25.6 Å². The topological polar surface area (TPSA) is 43.4 Å². The predicted molar refractivity (Wildman–Crippen MR) is 71.2 cm³/mol. The lowest BCUT2D eigenvalue weighted by Gasteiger charge is -2.04. The van der Waals surface area contributed by atoms with Gasteiger partial charge in [-0.05, 0) is 42.3 Å². The molecule has 0 fully saturated rings. The number of hydrogen-bond donors (Lipinski definition) is 0. The minimum absolute atomic E-state index is 0.355. The first-order valence-corrected chi connectivity index (χ1v) is 6.21. The van der Waals surface area contributed by atoms with Gasteiger partial charge in [0.2, 0.25) is 0 Å². The number of esters is 1. The number of hydrogen-bond acceptors (Lipinski definition) is 4. The minimum Gasteiger partial charge on any atom is -0.465 e. The molecule has 92 valence electrons. The minimum atomic E-state index is -0.355. The summed E-state index contributed by atoms with van der Waals surface area (Å²) < 4.78 is 4.72. The summed E-state index contributed by atoms with van der Waals surface area (Å²) in [6, 6.07) is 9.19. The Labute approximate surface area is 109 Å². The van der Waals surface area contributed by atoms with E-state index in [4.69, 9.17) is 4.74 Å². The summed E-state index contributed by atoms with van der Waals surface area (Å²) in [4.78, 5) is 23.8. The molecule has 1 heterocycles. The molecule has 0 bridgehead atoms. The normalized spacial score (nSPS) is 10.1. The van der Waals surface area contributed by atoms with Crippen molar-refractivity contribution in [1.82, 2.24) is 0 Å². The fraction of sp³-hybridized carbons (Fsp3) is 0.143. The summed E-state index contributed by atoms with van der Waals surface area (Å²) >= 11 is 1.40. The largest absolute Gasteiger partial charge is 0.465 e. The number of carbonyl (C=O) groups excluding carboxylic acids is 2. The van der Waals surface area contributed by atoms with Gasteiger partial charge in [0.05, 0.1) is 17.6 Å². The molecule has 4 heteroatoms. The average molecular weight is 260 g/mol. The van der Waals surface area contributed by atoms with E-state index in [2.05, 4.69) is 0 Å². The quantitative estimate of drug-likeness (QED) is 0.628. The van der Waals surface area contributed by atoms with Crippen molar-refractivity contribution in [2.45, 2.75) is 6.92 Å². The van der Waals surface area contributed by atoms with E-state index in [0.29, 0.717) is 10.4 Å². The van der Waals surface area contributed by atoms with Crippen molar-refractivity contribution in [3.05, 3.63) is 46.3 Å². The fourth-order valence-corrected chi connectivity index (χ4v) is 2.54. The van der Waals surface area contributed by atoms with Crippen LogP contribution in [-0.4, -0.2) is 19.4 Å². The predicted octanol–water partition coefficient (Wildman–Crippen LogP) is 3.32. The third kappa shape index (κ3) is 2.49. The number of carbonyl (C=O) groups is 2. The Hall–Kier alpha value is -1.94. The molecule has 1 aromatic heterocycles. The molecule has 0 unspecified atom stereocenters. The van der Waals surface area contributed by atoms with Crippen LogP contribution >= 0.6 is 11.3 Å². The Morgan fingerprint density at radius 3 is 2.67 bits per heavy atom. The van der Waals surface area contributed by atoms with Crippen molar-refractivity contribution >= 4 is 23.6 Å². The summed E-state index contributed by atoms with van der Waals surface area (Å²) in [5.41, 5.74) is 2.43. The lowest BCUT2D eigenvalue weighted by molar-refractivity contribution is 0.0600. The molecule has 2 aromatic rings. The fourth-order valence-electron chi connectivity index (χ4n) is 1.73. The van der Waals surface area contributed by atoms with E-state index in [9.17, 15) is 9.59 Å². The molecule has 0 atom stereocenters. The van der Waals surface area contributed by atoms with Crippen LogP contribution < -0.4 is 0 Å². The Kier molecular flexibility index (Phi) is 3.58. The lowest BCUT2D eigenvalue weighted by atomic mass is 10.1. The molecule has 0 amide bonds. The number of benzene rings is 1. The maximum atomic E-state index is 11.5. The number of aryl methyl sites for hydroxylation is 1. The van der Waals surface area contributed by atoms with Gasteiger partial charge in [0.25, 0.3) is 0 Å². The van der Waals surface area contributed by atoms with Gasteiger partial charge in [-0.3, -0.25) is 4.79 Å². The van der Waals surface area contributed by atoms with Gasteiger partial charge in [-0.1, -0.05) is 6.07 Å². The SMILES string of the molecule is COC(=O)c1cc(C)cc(-c2ccc(C=O)s2)c1. The van der Waals surface area contributed by atoms with Crippen molar-refractivity contribution in [2.75, 3.05) is 7.11 Å². The second kappa shape index (κ2) is 5.14. The molecular weight excluding hydrogens is 248 g/mol. The highest BCUT2D eigenvalue weighted by Crippen LogP contribution is 2.29. The molecule has 2 rings (SSSR count). The van der Waals surface area contributed by atoms with Crippen LogP contribution in [0.5, 0.6) is 0 Å². The van der Waals surface area contributed by atoms with Crippen molar-refractivity contribution in [3.8, 4) is 10.4 Å². The van der Waals surface area contributed by atoms with Gasteiger partial charge in [0, 0.05) is 4.88 Å². The molecule has 0 N–H and O–H groups in total. The highest BCUT2D eigenvalue weighted by Gasteiger charge is 2.10. The summed E-state index contributed by atoms with van der Waals surface area (Å²) in [5.74, 6) is -0.355. The van der Waals surface area contributed by atoms with Gasteiger partial charge in [-0.2, -0.15) is 0 Å². The third-order valence-corrected chi connectivity index (χ3v) is 3.59. The number of thiophene rings is 1. The van der Waals surface area contributed by atoms with Crippen molar-refractivity contribution in [2.24, 2.45) is 0 Å². The van der Waals surface area contributed by atoms with Gasteiger partial charge in [0.15, 0.2) is 6.29 Å². The maximum Gasteiger partial charge on any atom is 0.337 e. The van der Waals surface area contributed by atoms with E-state index in [1.807, 2.05) is 19.1 Å². The van der Waals surface area contributed by atoms with Crippen molar-refractivity contribution in [3.63, 3.8) is 0 Å². The molecule has 0 saturated carbocycles. The summed E-state index contributed by atoms with van der Waals surface area (Å²) in [6.45, 7) is 1.92. The molecule has 0 radical (unpaired) electrons. The molecule has 0 spiro atoms. The van der Waals surface area contributed by atoms with Crippen LogP contribution in [0.25, 0.3) is 10.4 Å². The molecule has 0 aliphatic carbocycles. The monoisotopic (exact) mass is 260 g/mol. The van der Waals surface area contributed by atoms with Crippen LogP contribution in [-0.2, 0) is 4.74 Å². The standard InChI is InChI=1S/C14H12O3S/c1-9-5-10(7-11(6-9)14(16)17-2)13-4-3-12(8-15)18-13/h3-8H,1-2H3. The zero-order chi connectivity index (χ0) is 13.1. The van der Waals surface area contributed by atoms with E-state index in [-0.39, 0.29) is 5.97 Å². The summed E-state index contributed by atoms with van der Waals surface area (Å²) in [7, 11) is 1.36. The number of aldehydes is 1. The van der Waals surface area contributed by atoms with Crippen LogP contribution in [0.4, 0.5) is 0 Å². The van der Waals surface area contributed by atoms with Gasteiger partial charge in [-0.25, -0.2) is 4.79 Å². The first-order valence-electron chi connectivity index (χ1n) is 5.39. The molecule has 0 aliphatic heterocycles.